The minimum atomic E-state index is -0.575. The van der Waals surface area contributed by atoms with Gasteiger partial charge in [0.1, 0.15) is 5.56 Å². The topological polar surface area (TPSA) is 98.0 Å². The van der Waals surface area contributed by atoms with Crippen LogP contribution in [0, 0.1) is 17.0 Å². The quantitative estimate of drug-likeness (QED) is 0.441. The average Bonchev–Trinajstić information content (AvgIpc) is 3.20. The van der Waals surface area contributed by atoms with E-state index in [0.717, 1.165) is 15.3 Å². The van der Waals surface area contributed by atoms with Gasteiger partial charge >= 0.3 is 0 Å². The van der Waals surface area contributed by atoms with Crippen LogP contribution in [0.3, 0.4) is 0 Å². The summed E-state index contributed by atoms with van der Waals surface area (Å²) in [4.78, 5) is 32.6. The van der Waals surface area contributed by atoms with Gasteiger partial charge in [-0.3, -0.25) is 14.9 Å². The summed E-state index contributed by atoms with van der Waals surface area (Å²) in [6, 6.07) is 8.78. The second kappa shape index (κ2) is 8.38. The first-order valence-corrected chi connectivity index (χ1v) is 10.5. The molecular weight excluding hydrogens is 420 g/mol. The SMILES string of the molecule is COc1cc(C(=O)N2CCN(c3nc4ccc(C)cc4s3)CC2)c([N+](=O)[O-])cc1OC. The predicted molar refractivity (Wildman–Crippen MR) is 119 cm³/mol. The molecule has 1 aromatic heterocycles. The molecule has 0 atom stereocenters. The van der Waals surface area contributed by atoms with Gasteiger partial charge in [0.05, 0.1) is 35.4 Å². The van der Waals surface area contributed by atoms with E-state index < -0.39 is 10.8 Å². The zero-order chi connectivity index (χ0) is 22.1. The van der Waals surface area contributed by atoms with Crippen LogP contribution in [0.2, 0.25) is 0 Å². The molecule has 162 valence electrons. The number of thiazole rings is 1. The number of rotatable bonds is 5. The summed E-state index contributed by atoms with van der Waals surface area (Å²) < 4.78 is 11.5. The van der Waals surface area contributed by atoms with Gasteiger partial charge in [-0.25, -0.2) is 4.98 Å². The highest BCUT2D eigenvalue weighted by Crippen LogP contribution is 2.35. The van der Waals surface area contributed by atoms with Crippen molar-refractivity contribution in [1.82, 2.24) is 9.88 Å². The lowest BCUT2D eigenvalue weighted by molar-refractivity contribution is -0.385. The molecule has 10 heteroatoms. The fourth-order valence-electron chi connectivity index (χ4n) is 3.62. The molecule has 0 saturated carbocycles. The Kier molecular flexibility index (Phi) is 5.64. The van der Waals surface area contributed by atoms with Crippen LogP contribution in [-0.4, -0.2) is 61.1 Å². The molecule has 0 bridgehead atoms. The van der Waals surface area contributed by atoms with Gasteiger partial charge in [0.25, 0.3) is 11.6 Å². The highest BCUT2D eigenvalue weighted by molar-refractivity contribution is 7.22. The minimum absolute atomic E-state index is 0.00781. The molecule has 0 N–H and O–H groups in total. The van der Waals surface area contributed by atoms with Crippen LogP contribution in [-0.2, 0) is 0 Å². The molecule has 9 nitrogen and oxygen atoms in total. The van der Waals surface area contributed by atoms with E-state index in [1.807, 2.05) is 12.1 Å². The molecule has 2 aromatic carbocycles. The van der Waals surface area contributed by atoms with Crippen LogP contribution in [0.5, 0.6) is 11.5 Å². The molecule has 1 aliphatic heterocycles. The highest BCUT2D eigenvalue weighted by atomic mass is 32.1. The number of benzene rings is 2. The number of piperazine rings is 1. The number of hydrogen-bond donors (Lipinski definition) is 0. The van der Waals surface area contributed by atoms with E-state index in [-0.39, 0.29) is 22.7 Å². The second-order valence-corrected chi connectivity index (χ2v) is 8.24. The van der Waals surface area contributed by atoms with Crippen molar-refractivity contribution < 1.29 is 19.2 Å². The van der Waals surface area contributed by atoms with Gasteiger partial charge in [0.2, 0.25) is 0 Å². The third kappa shape index (κ3) is 3.98. The first-order valence-electron chi connectivity index (χ1n) is 9.73. The van der Waals surface area contributed by atoms with Crippen molar-refractivity contribution in [1.29, 1.82) is 0 Å². The maximum Gasteiger partial charge on any atom is 0.286 e. The van der Waals surface area contributed by atoms with Crippen molar-refractivity contribution in [2.24, 2.45) is 0 Å². The molecule has 1 aliphatic rings. The normalized spacial score (nSPS) is 14.0. The number of methoxy groups -OCH3 is 2. The molecule has 4 rings (SSSR count). The molecule has 0 radical (unpaired) electrons. The predicted octanol–water partition coefficient (Wildman–Crippen LogP) is 3.49. The van der Waals surface area contributed by atoms with E-state index in [4.69, 9.17) is 14.5 Å². The van der Waals surface area contributed by atoms with Crippen molar-refractivity contribution in [2.45, 2.75) is 6.92 Å². The standard InChI is InChI=1S/C21H22N4O5S/c1-13-4-5-15-19(10-13)31-21(22-15)24-8-6-23(7-9-24)20(26)14-11-17(29-2)18(30-3)12-16(14)25(27)28/h4-5,10-12H,6-9H2,1-3H3. The van der Waals surface area contributed by atoms with Crippen molar-refractivity contribution in [3.05, 3.63) is 51.6 Å². The lowest BCUT2D eigenvalue weighted by Gasteiger charge is -2.34. The Bertz CT molecular complexity index is 1150. The number of hydrogen-bond acceptors (Lipinski definition) is 8. The number of nitro groups is 1. The first kappa shape index (κ1) is 20.9. The Morgan fingerprint density at radius 3 is 2.42 bits per heavy atom. The second-order valence-electron chi connectivity index (χ2n) is 7.23. The first-order chi connectivity index (χ1) is 14.9. The van der Waals surface area contributed by atoms with Gasteiger partial charge in [0, 0.05) is 32.2 Å². The van der Waals surface area contributed by atoms with Crippen molar-refractivity contribution >= 4 is 38.3 Å². The van der Waals surface area contributed by atoms with Gasteiger partial charge in [-0.05, 0) is 24.6 Å². The number of aryl methyl sites for hydroxylation is 1. The van der Waals surface area contributed by atoms with Crippen molar-refractivity contribution in [2.75, 3.05) is 45.3 Å². The summed E-state index contributed by atoms with van der Waals surface area (Å²) in [5.41, 5.74) is 1.85. The van der Waals surface area contributed by atoms with Gasteiger partial charge < -0.3 is 19.3 Å². The van der Waals surface area contributed by atoms with Gasteiger partial charge in [-0.2, -0.15) is 0 Å². The number of ether oxygens (including phenoxy) is 2. The Balaban J connectivity index is 1.53. The van der Waals surface area contributed by atoms with Crippen LogP contribution in [0.15, 0.2) is 30.3 Å². The Labute approximate surface area is 183 Å². The Morgan fingerprint density at radius 2 is 1.77 bits per heavy atom. The van der Waals surface area contributed by atoms with Crippen LogP contribution in [0.25, 0.3) is 10.2 Å². The fraction of sp³-hybridized carbons (Fsp3) is 0.333. The van der Waals surface area contributed by atoms with Gasteiger partial charge in [-0.15, -0.1) is 0 Å². The number of aromatic nitrogens is 1. The number of nitro benzene ring substituents is 1. The van der Waals surface area contributed by atoms with Crippen molar-refractivity contribution in [3.8, 4) is 11.5 Å². The molecule has 0 unspecified atom stereocenters. The van der Waals surface area contributed by atoms with Crippen molar-refractivity contribution in [3.63, 3.8) is 0 Å². The molecule has 3 aromatic rings. The lowest BCUT2D eigenvalue weighted by Crippen LogP contribution is -2.48. The van der Waals surface area contributed by atoms with E-state index in [1.54, 1.807) is 16.2 Å². The fourth-order valence-corrected chi connectivity index (χ4v) is 4.73. The van der Waals surface area contributed by atoms with Crippen LogP contribution < -0.4 is 14.4 Å². The average molecular weight is 442 g/mol. The molecule has 1 amide bonds. The minimum Gasteiger partial charge on any atom is -0.493 e. The van der Waals surface area contributed by atoms with Crippen LogP contribution >= 0.6 is 11.3 Å². The number of carbonyl (C=O) groups is 1. The summed E-state index contributed by atoms with van der Waals surface area (Å²) in [6.07, 6.45) is 0. The highest BCUT2D eigenvalue weighted by Gasteiger charge is 2.30. The van der Waals surface area contributed by atoms with E-state index in [2.05, 4.69) is 17.9 Å². The molecular formula is C21H22N4O5S. The van der Waals surface area contributed by atoms with E-state index in [1.165, 1.54) is 31.9 Å². The molecule has 31 heavy (non-hydrogen) atoms. The number of anilines is 1. The Morgan fingerprint density at radius 1 is 1.10 bits per heavy atom. The zero-order valence-corrected chi connectivity index (χ0v) is 18.3. The molecule has 1 fully saturated rings. The zero-order valence-electron chi connectivity index (χ0n) is 17.5. The summed E-state index contributed by atoms with van der Waals surface area (Å²) in [6.45, 7) is 4.15. The summed E-state index contributed by atoms with van der Waals surface area (Å²) >= 11 is 1.63. The maximum atomic E-state index is 13.1. The van der Waals surface area contributed by atoms with Gasteiger partial charge in [-0.1, -0.05) is 17.4 Å². The van der Waals surface area contributed by atoms with E-state index >= 15 is 0 Å². The number of nitrogens with zero attached hydrogens (tertiary/aromatic N) is 4. The summed E-state index contributed by atoms with van der Waals surface area (Å²) in [5.74, 6) is 0.0914. The third-order valence-electron chi connectivity index (χ3n) is 5.30. The Hall–Kier alpha value is -3.40. The van der Waals surface area contributed by atoms with Crippen LogP contribution in [0.4, 0.5) is 10.8 Å². The monoisotopic (exact) mass is 442 g/mol. The van der Waals surface area contributed by atoms with E-state index in [0.29, 0.717) is 26.2 Å². The molecule has 1 saturated heterocycles. The summed E-state index contributed by atoms with van der Waals surface area (Å²) in [7, 11) is 2.82. The molecule has 2 heterocycles. The number of fused-ring (bicyclic) bond motifs is 1. The summed E-state index contributed by atoms with van der Waals surface area (Å²) in [5, 5.41) is 12.5. The van der Waals surface area contributed by atoms with Crippen LogP contribution in [0.1, 0.15) is 15.9 Å². The molecule has 0 spiro atoms. The smallest absolute Gasteiger partial charge is 0.286 e. The largest absolute Gasteiger partial charge is 0.493 e. The maximum absolute atomic E-state index is 13.1. The number of amides is 1. The number of carbonyl (C=O) groups excluding carboxylic acids is 1. The third-order valence-corrected chi connectivity index (χ3v) is 6.38. The van der Waals surface area contributed by atoms with Gasteiger partial charge in [0.15, 0.2) is 16.6 Å². The van der Waals surface area contributed by atoms with E-state index in [9.17, 15) is 14.9 Å². The molecule has 0 aliphatic carbocycles. The lowest BCUT2D eigenvalue weighted by atomic mass is 10.1.